The Balaban J connectivity index is 3.04. The van der Waals surface area contributed by atoms with Gasteiger partial charge >= 0.3 is 0 Å². The van der Waals surface area contributed by atoms with Gasteiger partial charge in [-0.25, -0.2) is 0 Å². The molecule has 19 heavy (non-hydrogen) atoms. The molecule has 0 saturated carbocycles. The van der Waals surface area contributed by atoms with E-state index in [4.69, 9.17) is 14.2 Å². The van der Waals surface area contributed by atoms with Crippen LogP contribution in [-0.2, 0) is 11.2 Å². The highest BCUT2D eigenvalue weighted by atomic mass is 16.5. The standard InChI is InChI=1S/C14H21NO4/c1-9(15-10(2)16)8-11-6-7-12(17-3)14(19-5)13(11)18-4/h6-7,9H,8H2,1-5H3,(H,15,16)/t9-/m1/s1. The topological polar surface area (TPSA) is 56.8 Å². The van der Waals surface area contributed by atoms with Crippen LogP contribution in [0.5, 0.6) is 17.2 Å². The fraction of sp³-hybridized carbons (Fsp3) is 0.500. The van der Waals surface area contributed by atoms with Crippen LogP contribution in [0.15, 0.2) is 12.1 Å². The van der Waals surface area contributed by atoms with Crippen molar-refractivity contribution < 1.29 is 19.0 Å². The molecular weight excluding hydrogens is 246 g/mol. The molecule has 0 bridgehead atoms. The van der Waals surface area contributed by atoms with Gasteiger partial charge in [-0.15, -0.1) is 0 Å². The maximum Gasteiger partial charge on any atom is 0.217 e. The molecule has 1 aromatic rings. The molecule has 0 radical (unpaired) electrons. The number of nitrogens with one attached hydrogen (secondary N) is 1. The van der Waals surface area contributed by atoms with Gasteiger partial charge in [0.15, 0.2) is 11.5 Å². The molecule has 1 amide bonds. The van der Waals surface area contributed by atoms with Gasteiger partial charge in [-0.05, 0) is 19.4 Å². The normalized spacial score (nSPS) is 11.6. The number of amides is 1. The lowest BCUT2D eigenvalue weighted by atomic mass is 10.0. The lowest BCUT2D eigenvalue weighted by Gasteiger charge is -2.18. The van der Waals surface area contributed by atoms with E-state index in [1.54, 1.807) is 21.3 Å². The van der Waals surface area contributed by atoms with Crippen LogP contribution in [0, 0.1) is 0 Å². The van der Waals surface area contributed by atoms with Crippen LogP contribution in [0.3, 0.4) is 0 Å². The van der Waals surface area contributed by atoms with Crippen molar-refractivity contribution in [1.82, 2.24) is 5.32 Å². The number of carbonyl (C=O) groups is 1. The Morgan fingerprint density at radius 2 is 1.79 bits per heavy atom. The Bertz CT molecular complexity index is 445. The highest BCUT2D eigenvalue weighted by Crippen LogP contribution is 2.40. The van der Waals surface area contributed by atoms with Crippen LogP contribution >= 0.6 is 0 Å². The van der Waals surface area contributed by atoms with E-state index in [9.17, 15) is 4.79 Å². The molecule has 106 valence electrons. The van der Waals surface area contributed by atoms with Crippen molar-refractivity contribution in [3.63, 3.8) is 0 Å². The number of benzene rings is 1. The lowest BCUT2D eigenvalue weighted by Crippen LogP contribution is -2.32. The van der Waals surface area contributed by atoms with Crippen LogP contribution in [-0.4, -0.2) is 33.3 Å². The van der Waals surface area contributed by atoms with Gasteiger partial charge in [0.05, 0.1) is 21.3 Å². The summed E-state index contributed by atoms with van der Waals surface area (Å²) in [5, 5.41) is 2.84. The molecule has 5 heteroatoms. The monoisotopic (exact) mass is 267 g/mol. The molecule has 0 spiro atoms. The zero-order valence-electron chi connectivity index (χ0n) is 12.1. The van der Waals surface area contributed by atoms with Crippen molar-refractivity contribution in [3.8, 4) is 17.2 Å². The fourth-order valence-corrected chi connectivity index (χ4v) is 2.05. The summed E-state index contributed by atoms with van der Waals surface area (Å²) in [6.07, 6.45) is 0.656. The third-order valence-electron chi connectivity index (χ3n) is 2.76. The minimum atomic E-state index is -0.0491. The molecule has 5 nitrogen and oxygen atoms in total. The van der Waals surface area contributed by atoms with Crippen LogP contribution in [0.2, 0.25) is 0 Å². The van der Waals surface area contributed by atoms with E-state index in [1.807, 2.05) is 19.1 Å². The largest absolute Gasteiger partial charge is 0.493 e. The van der Waals surface area contributed by atoms with E-state index in [-0.39, 0.29) is 11.9 Å². The van der Waals surface area contributed by atoms with Crippen LogP contribution < -0.4 is 19.5 Å². The average molecular weight is 267 g/mol. The Morgan fingerprint density at radius 3 is 2.26 bits per heavy atom. The van der Waals surface area contributed by atoms with Crippen molar-refractivity contribution in [2.75, 3.05) is 21.3 Å². The Kier molecular flexibility index (Phi) is 5.48. The van der Waals surface area contributed by atoms with Crippen molar-refractivity contribution in [2.24, 2.45) is 0 Å². The van der Waals surface area contributed by atoms with Gasteiger partial charge in [0.1, 0.15) is 0 Å². The van der Waals surface area contributed by atoms with Gasteiger partial charge < -0.3 is 19.5 Å². The molecule has 0 aliphatic rings. The molecule has 0 aromatic heterocycles. The van der Waals surface area contributed by atoms with Crippen molar-refractivity contribution in [2.45, 2.75) is 26.3 Å². The minimum absolute atomic E-state index is 0.0181. The molecule has 0 aliphatic heterocycles. The second-order valence-corrected chi connectivity index (χ2v) is 4.30. The molecule has 1 aromatic carbocycles. The molecule has 0 heterocycles. The predicted molar refractivity (Wildman–Crippen MR) is 73.1 cm³/mol. The molecule has 0 unspecified atom stereocenters. The molecule has 1 rings (SSSR count). The summed E-state index contributed by atoms with van der Waals surface area (Å²) in [4.78, 5) is 11.0. The first kappa shape index (κ1) is 15.1. The highest BCUT2D eigenvalue weighted by Gasteiger charge is 2.17. The van der Waals surface area contributed by atoms with E-state index in [0.717, 1.165) is 5.56 Å². The number of hydrogen-bond acceptors (Lipinski definition) is 4. The number of methoxy groups -OCH3 is 3. The smallest absolute Gasteiger partial charge is 0.217 e. The third kappa shape index (κ3) is 3.77. The van der Waals surface area contributed by atoms with E-state index < -0.39 is 0 Å². The van der Waals surface area contributed by atoms with E-state index in [1.165, 1.54) is 6.92 Å². The van der Waals surface area contributed by atoms with Gasteiger partial charge in [0.25, 0.3) is 0 Å². The van der Waals surface area contributed by atoms with Crippen LogP contribution in [0.1, 0.15) is 19.4 Å². The predicted octanol–water partition coefficient (Wildman–Crippen LogP) is 1.78. The van der Waals surface area contributed by atoms with Crippen molar-refractivity contribution in [1.29, 1.82) is 0 Å². The van der Waals surface area contributed by atoms with Crippen molar-refractivity contribution in [3.05, 3.63) is 17.7 Å². The summed E-state index contributed by atoms with van der Waals surface area (Å²) in [6.45, 7) is 3.44. The SMILES string of the molecule is COc1ccc(C[C@@H](C)NC(C)=O)c(OC)c1OC. The minimum Gasteiger partial charge on any atom is -0.493 e. The first-order chi connectivity index (χ1) is 9.03. The lowest BCUT2D eigenvalue weighted by molar-refractivity contribution is -0.119. The van der Waals surface area contributed by atoms with E-state index >= 15 is 0 Å². The first-order valence-corrected chi connectivity index (χ1v) is 6.08. The van der Waals surface area contributed by atoms with Crippen molar-refractivity contribution >= 4 is 5.91 Å². The second-order valence-electron chi connectivity index (χ2n) is 4.30. The molecule has 1 N–H and O–H groups in total. The molecule has 0 aliphatic carbocycles. The zero-order chi connectivity index (χ0) is 14.4. The second kappa shape index (κ2) is 6.87. The molecule has 0 saturated heterocycles. The Hall–Kier alpha value is -1.91. The van der Waals surface area contributed by atoms with Gasteiger partial charge in [-0.3, -0.25) is 4.79 Å². The Morgan fingerprint density at radius 1 is 1.16 bits per heavy atom. The maximum atomic E-state index is 11.0. The summed E-state index contributed by atoms with van der Waals surface area (Å²) >= 11 is 0. The number of rotatable bonds is 6. The van der Waals surface area contributed by atoms with Gasteiger partial charge in [-0.2, -0.15) is 0 Å². The van der Waals surface area contributed by atoms with Gasteiger partial charge in [-0.1, -0.05) is 6.07 Å². The molecular formula is C14H21NO4. The number of carbonyl (C=O) groups excluding carboxylic acids is 1. The average Bonchev–Trinajstić information content (AvgIpc) is 2.36. The summed E-state index contributed by atoms with van der Waals surface area (Å²) in [5.41, 5.74) is 0.960. The third-order valence-corrected chi connectivity index (χ3v) is 2.76. The summed E-state index contributed by atoms with van der Waals surface area (Å²) in [6, 6.07) is 3.76. The summed E-state index contributed by atoms with van der Waals surface area (Å²) in [5.74, 6) is 1.78. The van der Waals surface area contributed by atoms with E-state index in [2.05, 4.69) is 5.32 Å². The van der Waals surface area contributed by atoms with Crippen LogP contribution in [0.4, 0.5) is 0 Å². The zero-order valence-corrected chi connectivity index (χ0v) is 12.1. The first-order valence-electron chi connectivity index (χ1n) is 6.08. The summed E-state index contributed by atoms with van der Waals surface area (Å²) in [7, 11) is 4.74. The number of hydrogen-bond donors (Lipinski definition) is 1. The summed E-state index contributed by atoms with van der Waals surface area (Å²) < 4.78 is 16.0. The molecule has 0 fully saturated rings. The quantitative estimate of drug-likeness (QED) is 0.853. The Labute approximate surface area is 113 Å². The van der Waals surface area contributed by atoms with E-state index in [0.29, 0.717) is 23.7 Å². The fourth-order valence-electron chi connectivity index (χ4n) is 2.05. The van der Waals surface area contributed by atoms with Gasteiger partial charge in [0.2, 0.25) is 11.7 Å². The molecule has 1 atom stereocenters. The highest BCUT2D eigenvalue weighted by molar-refractivity contribution is 5.73. The number of ether oxygens (including phenoxy) is 3. The maximum absolute atomic E-state index is 11.0. The van der Waals surface area contributed by atoms with Gasteiger partial charge in [0, 0.05) is 18.5 Å². The van der Waals surface area contributed by atoms with Crippen LogP contribution in [0.25, 0.3) is 0 Å².